The van der Waals surface area contributed by atoms with Gasteiger partial charge in [0.15, 0.2) is 0 Å². The number of allylic oxidation sites excluding steroid dienone is 2. The molecule has 19 heavy (non-hydrogen) atoms. The summed E-state index contributed by atoms with van der Waals surface area (Å²) in [5.41, 5.74) is 3.79. The number of hydrogen-bond acceptors (Lipinski definition) is 2. The van der Waals surface area contributed by atoms with Crippen LogP contribution in [-0.2, 0) is 0 Å². The first-order chi connectivity index (χ1) is 9.06. The molecule has 0 unspecified atom stereocenters. The standard InChI is InChI=1S/C17H16S2/c1-10(2)5-7-13-12(4)18-17-14-8-6-11(3)9-15(14)19-16(13)17/h5-9H,1H2,2-4H3/b7-5-. The molecule has 0 N–H and O–H groups in total. The van der Waals surface area contributed by atoms with E-state index in [1.807, 2.05) is 29.6 Å². The molecule has 3 aromatic rings. The Morgan fingerprint density at radius 1 is 1.16 bits per heavy atom. The van der Waals surface area contributed by atoms with Crippen molar-refractivity contribution >= 4 is 48.2 Å². The van der Waals surface area contributed by atoms with Crippen LogP contribution in [0.1, 0.15) is 22.9 Å². The van der Waals surface area contributed by atoms with Crippen molar-refractivity contribution in [3.63, 3.8) is 0 Å². The lowest BCUT2D eigenvalue weighted by Crippen LogP contribution is -1.70. The van der Waals surface area contributed by atoms with Gasteiger partial charge < -0.3 is 0 Å². The summed E-state index contributed by atoms with van der Waals surface area (Å²) >= 11 is 3.81. The van der Waals surface area contributed by atoms with Gasteiger partial charge in [-0.1, -0.05) is 36.4 Å². The van der Waals surface area contributed by atoms with Gasteiger partial charge >= 0.3 is 0 Å². The van der Waals surface area contributed by atoms with Gasteiger partial charge in [0, 0.05) is 20.5 Å². The molecule has 0 aliphatic heterocycles. The van der Waals surface area contributed by atoms with E-state index in [9.17, 15) is 0 Å². The molecule has 0 fully saturated rings. The highest BCUT2D eigenvalue weighted by molar-refractivity contribution is 7.33. The fourth-order valence-electron chi connectivity index (χ4n) is 2.25. The average molecular weight is 284 g/mol. The van der Waals surface area contributed by atoms with Crippen molar-refractivity contribution < 1.29 is 0 Å². The Bertz CT molecular complexity index is 813. The van der Waals surface area contributed by atoms with Crippen LogP contribution in [0.25, 0.3) is 25.6 Å². The largest absolute Gasteiger partial charge is 0.138 e. The van der Waals surface area contributed by atoms with Crippen molar-refractivity contribution in [1.82, 2.24) is 0 Å². The van der Waals surface area contributed by atoms with Crippen molar-refractivity contribution in [2.24, 2.45) is 0 Å². The molecule has 0 nitrogen and oxygen atoms in total. The Labute approximate surface area is 121 Å². The highest BCUT2D eigenvalue weighted by atomic mass is 32.1. The van der Waals surface area contributed by atoms with Crippen molar-refractivity contribution in [3.05, 3.63) is 52.4 Å². The smallest absolute Gasteiger partial charge is 0.0538 e. The third kappa shape index (κ3) is 2.15. The highest BCUT2D eigenvalue weighted by Gasteiger charge is 2.13. The number of thiophene rings is 2. The van der Waals surface area contributed by atoms with E-state index in [-0.39, 0.29) is 0 Å². The Hall–Kier alpha value is -1.38. The molecule has 0 aliphatic rings. The van der Waals surface area contributed by atoms with Gasteiger partial charge in [0.05, 0.1) is 9.40 Å². The summed E-state index contributed by atoms with van der Waals surface area (Å²) in [4.78, 5) is 1.39. The third-order valence-electron chi connectivity index (χ3n) is 3.21. The molecule has 0 aliphatic carbocycles. The Kier molecular flexibility index (Phi) is 3.08. The summed E-state index contributed by atoms with van der Waals surface area (Å²) < 4.78 is 4.24. The summed E-state index contributed by atoms with van der Waals surface area (Å²) in [6, 6.07) is 6.74. The third-order valence-corrected chi connectivity index (χ3v) is 5.68. The summed E-state index contributed by atoms with van der Waals surface area (Å²) in [6.07, 6.45) is 4.31. The van der Waals surface area contributed by atoms with Crippen LogP contribution in [0, 0.1) is 13.8 Å². The number of hydrogen-bond donors (Lipinski definition) is 0. The molecule has 0 atom stereocenters. The molecule has 2 aromatic heterocycles. The lowest BCUT2D eigenvalue weighted by molar-refractivity contribution is 1.52. The monoisotopic (exact) mass is 284 g/mol. The molecule has 0 bridgehead atoms. The molecule has 0 spiro atoms. The van der Waals surface area contributed by atoms with E-state index < -0.39 is 0 Å². The van der Waals surface area contributed by atoms with Crippen LogP contribution in [0.3, 0.4) is 0 Å². The zero-order chi connectivity index (χ0) is 13.6. The summed E-state index contributed by atoms with van der Waals surface area (Å²) in [6.45, 7) is 10.3. The van der Waals surface area contributed by atoms with Crippen molar-refractivity contribution in [2.45, 2.75) is 20.8 Å². The zero-order valence-corrected chi connectivity index (χ0v) is 13.0. The van der Waals surface area contributed by atoms with Crippen molar-refractivity contribution in [2.75, 3.05) is 0 Å². The lowest BCUT2D eigenvalue weighted by Gasteiger charge is -1.93. The van der Waals surface area contributed by atoms with E-state index in [1.165, 1.54) is 35.5 Å². The van der Waals surface area contributed by atoms with Crippen LogP contribution in [0.5, 0.6) is 0 Å². The number of rotatable bonds is 2. The van der Waals surface area contributed by atoms with Gasteiger partial charge in [0.2, 0.25) is 0 Å². The molecule has 2 heteroatoms. The molecular weight excluding hydrogens is 268 g/mol. The maximum absolute atomic E-state index is 3.94. The van der Waals surface area contributed by atoms with Crippen LogP contribution in [0.2, 0.25) is 0 Å². The Morgan fingerprint density at radius 2 is 1.95 bits per heavy atom. The zero-order valence-electron chi connectivity index (χ0n) is 11.4. The van der Waals surface area contributed by atoms with Gasteiger partial charge in [0.25, 0.3) is 0 Å². The molecule has 96 valence electrons. The molecule has 2 heterocycles. The summed E-state index contributed by atoms with van der Waals surface area (Å²) in [7, 11) is 0. The van der Waals surface area contributed by atoms with E-state index in [0.717, 1.165) is 5.57 Å². The SMILES string of the molecule is C=C(C)/C=C\c1c(C)sc2c1sc1cc(C)ccc12. The predicted molar refractivity (Wildman–Crippen MR) is 90.5 cm³/mol. The maximum atomic E-state index is 3.94. The van der Waals surface area contributed by atoms with Gasteiger partial charge in [-0.3, -0.25) is 0 Å². The van der Waals surface area contributed by atoms with Gasteiger partial charge in [-0.2, -0.15) is 0 Å². The predicted octanol–water partition coefficient (Wildman–Crippen LogP) is 6.32. The summed E-state index contributed by atoms with van der Waals surface area (Å²) in [5, 5.41) is 1.40. The van der Waals surface area contributed by atoms with E-state index in [2.05, 4.69) is 50.8 Å². The van der Waals surface area contributed by atoms with Crippen molar-refractivity contribution in [1.29, 1.82) is 0 Å². The van der Waals surface area contributed by atoms with Crippen LogP contribution >= 0.6 is 22.7 Å². The average Bonchev–Trinajstić information content (AvgIpc) is 2.81. The molecule has 0 radical (unpaired) electrons. The summed E-state index contributed by atoms with van der Waals surface area (Å²) in [5.74, 6) is 0. The molecular formula is C17H16S2. The van der Waals surface area contributed by atoms with Gasteiger partial charge in [-0.05, 0) is 32.4 Å². The Balaban J connectivity index is 2.30. The van der Waals surface area contributed by atoms with E-state index in [4.69, 9.17) is 0 Å². The van der Waals surface area contributed by atoms with E-state index in [0.29, 0.717) is 0 Å². The van der Waals surface area contributed by atoms with Gasteiger partial charge in [-0.25, -0.2) is 0 Å². The fourth-order valence-corrected chi connectivity index (χ4v) is 4.98. The minimum Gasteiger partial charge on any atom is -0.138 e. The number of benzene rings is 1. The normalized spacial score (nSPS) is 11.9. The number of aryl methyl sites for hydroxylation is 2. The molecule has 1 aromatic carbocycles. The second-order valence-electron chi connectivity index (χ2n) is 5.01. The second-order valence-corrected chi connectivity index (χ2v) is 7.29. The highest BCUT2D eigenvalue weighted by Crippen LogP contribution is 2.43. The topological polar surface area (TPSA) is 0 Å². The van der Waals surface area contributed by atoms with Crippen LogP contribution in [0.15, 0.2) is 36.4 Å². The van der Waals surface area contributed by atoms with Gasteiger partial charge in [-0.15, -0.1) is 22.7 Å². The lowest BCUT2D eigenvalue weighted by atomic mass is 10.1. The maximum Gasteiger partial charge on any atom is 0.0538 e. The molecule has 0 saturated heterocycles. The molecule has 0 amide bonds. The van der Waals surface area contributed by atoms with Crippen LogP contribution in [-0.4, -0.2) is 0 Å². The second kappa shape index (κ2) is 4.62. The first-order valence-electron chi connectivity index (χ1n) is 6.32. The van der Waals surface area contributed by atoms with Crippen molar-refractivity contribution in [3.8, 4) is 0 Å². The van der Waals surface area contributed by atoms with Crippen LogP contribution in [0.4, 0.5) is 0 Å². The quantitative estimate of drug-likeness (QED) is 0.483. The Morgan fingerprint density at radius 3 is 2.68 bits per heavy atom. The van der Waals surface area contributed by atoms with Gasteiger partial charge in [0.1, 0.15) is 0 Å². The minimum atomic E-state index is 1.09. The van der Waals surface area contributed by atoms with E-state index in [1.54, 1.807) is 0 Å². The first-order valence-corrected chi connectivity index (χ1v) is 7.95. The molecule has 3 rings (SSSR count). The first kappa shape index (κ1) is 12.6. The van der Waals surface area contributed by atoms with Crippen LogP contribution < -0.4 is 0 Å². The fraction of sp³-hybridized carbons (Fsp3) is 0.176. The van der Waals surface area contributed by atoms with E-state index >= 15 is 0 Å². The number of fused-ring (bicyclic) bond motifs is 3. The molecule has 0 saturated carbocycles. The minimum absolute atomic E-state index is 1.09.